The molecule has 0 fully saturated rings. The minimum atomic E-state index is -0.259. The van der Waals surface area contributed by atoms with Crippen LogP contribution in [0.3, 0.4) is 0 Å². The highest BCUT2D eigenvalue weighted by atomic mass is 16.5. The zero-order chi connectivity index (χ0) is 33.1. The average molecular weight is 628 g/mol. The van der Waals surface area contributed by atoms with Crippen LogP contribution < -0.4 is 38.2 Å². The number of aromatic nitrogens is 1. The van der Waals surface area contributed by atoms with Crippen molar-refractivity contribution < 1.29 is 38.0 Å². The van der Waals surface area contributed by atoms with Crippen LogP contribution in [-0.2, 0) is 9.59 Å². The molecule has 0 bridgehead atoms. The molecule has 0 radical (unpaired) electrons. The van der Waals surface area contributed by atoms with Crippen LogP contribution in [0.15, 0.2) is 79.1 Å². The highest BCUT2D eigenvalue weighted by Crippen LogP contribution is 2.39. The van der Waals surface area contributed by atoms with Crippen molar-refractivity contribution in [3.63, 3.8) is 0 Å². The molecule has 0 saturated heterocycles. The first-order valence-electron chi connectivity index (χ1n) is 14.3. The summed E-state index contributed by atoms with van der Waals surface area (Å²) >= 11 is 0. The molecule has 0 saturated carbocycles. The van der Waals surface area contributed by atoms with E-state index in [9.17, 15) is 9.59 Å². The molecule has 0 aliphatic carbocycles. The fourth-order valence-electron chi connectivity index (χ4n) is 4.86. The first-order chi connectivity index (χ1) is 22.4. The Morgan fingerprint density at radius 1 is 0.630 bits per heavy atom. The van der Waals surface area contributed by atoms with Gasteiger partial charge in [-0.2, -0.15) is 0 Å². The number of methoxy groups -OCH3 is 6. The van der Waals surface area contributed by atoms with Crippen LogP contribution in [0.25, 0.3) is 12.2 Å². The lowest BCUT2D eigenvalue weighted by atomic mass is 10.1. The van der Waals surface area contributed by atoms with Crippen molar-refractivity contribution in [2.45, 2.75) is 0 Å². The van der Waals surface area contributed by atoms with Crippen LogP contribution in [0.1, 0.15) is 11.1 Å². The lowest BCUT2D eigenvalue weighted by Crippen LogP contribution is -2.46. The molecule has 1 aliphatic rings. The van der Waals surface area contributed by atoms with Crippen LogP contribution in [0.5, 0.6) is 34.5 Å². The molecule has 240 valence electrons. The molecule has 11 nitrogen and oxygen atoms in total. The molecule has 2 aromatic carbocycles. The van der Waals surface area contributed by atoms with E-state index in [0.29, 0.717) is 52.5 Å². The summed E-state index contributed by atoms with van der Waals surface area (Å²) in [7, 11) is 9.30. The standard InChI is InChI=1S/C35H37N3O8/c1-41-27-20-24(21-28(42-2)33(27)45-5)12-7-9-15-31(39)37-18-19-38(35-26(37)14-11-17-36-35)32(40)16-10-8-13-25-22-29(43-3)34(46-6)30(23-25)44-4/h7-17,20-23H,18-19H2,1-6H3. The van der Waals surface area contributed by atoms with E-state index in [1.165, 1.54) is 12.2 Å². The number of nitrogens with zero attached hydrogens (tertiary/aromatic N) is 3. The van der Waals surface area contributed by atoms with Gasteiger partial charge in [0.15, 0.2) is 28.8 Å². The minimum Gasteiger partial charge on any atom is -0.493 e. The molecule has 3 aromatic rings. The molecule has 4 rings (SSSR count). The fourth-order valence-corrected chi connectivity index (χ4v) is 4.86. The lowest BCUT2D eigenvalue weighted by Gasteiger charge is -2.34. The largest absolute Gasteiger partial charge is 0.493 e. The van der Waals surface area contributed by atoms with Gasteiger partial charge in [-0.15, -0.1) is 0 Å². The summed E-state index contributed by atoms with van der Waals surface area (Å²) in [6.07, 6.45) is 15.0. The van der Waals surface area contributed by atoms with E-state index in [0.717, 1.165) is 11.1 Å². The van der Waals surface area contributed by atoms with E-state index in [1.807, 2.05) is 36.4 Å². The highest BCUT2D eigenvalue weighted by molar-refractivity contribution is 6.09. The number of pyridine rings is 1. The van der Waals surface area contributed by atoms with Crippen molar-refractivity contribution in [3.8, 4) is 34.5 Å². The van der Waals surface area contributed by atoms with E-state index in [1.54, 1.807) is 95.1 Å². The van der Waals surface area contributed by atoms with Gasteiger partial charge in [-0.1, -0.05) is 36.5 Å². The topological polar surface area (TPSA) is 109 Å². The predicted molar refractivity (Wildman–Crippen MR) is 177 cm³/mol. The molecule has 11 heteroatoms. The predicted octanol–water partition coefficient (Wildman–Crippen LogP) is 5.35. The van der Waals surface area contributed by atoms with Crippen molar-refractivity contribution in [3.05, 3.63) is 90.2 Å². The first-order valence-corrected chi connectivity index (χ1v) is 14.3. The quantitative estimate of drug-likeness (QED) is 0.194. The van der Waals surface area contributed by atoms with Gasteiger partial charge in [-0.05, 0) is 47.5 Å². The van der Waals surface area contributed by atoms with Crippen molar-refractivity contribution in [1.82, 2.24) is 4.98 Å². The number of allylic oxidation sites excluding steroid dienone is 4. The Morgan fingerprint density at radius 2 is 1.07 bits per heavy atom. The Labute approximate surface area is 268 Å². The molecule has 2 amide bonds. The van der Waals surface area contributed by atoms with E-state index in [4.69, 9.17) is 28.4 Å². The van der Waals surface area contributed by atoms with Gasteiger partial charge in [0.2, 0.25) is 11.5 Å². The number of benzene rings is 2. The maximum Gasteiger partial charge on any atom is 0.252 e. The summed E-state index contributed by atoms with van der Waals surface area (Å²) in [5, 5.41) is 0. The second kappa shape index (κ2) is 15.8. The van der Waals surface area contributed by atoms with Crippen LogP contribution in [0.2, 0.25) is 0 Å². The van der Waals surface area contributed by atoms with E-state index < -0.39 is 0 Å². The van der Waals surface area contributed by atoms with E-state index in [-0.39, 0.29) is 18.4 Å². The van der Waals surface area contributed by atoms with Gasteiger partial charge < -0.3 is 33.3 Å². The van der Waals surface area contributed by atoms with Crippen LogP contribution in [0, 0.1) is 0 Å². The average Bonchev–Trinajstić information content (AvgIpc) is 3.09. The van der Waals surface area contributed by atoms with E-state index in [2.05, 4.69) is 4.98 Å². The molecule has 0 unspecified atom stereocenters. The zero-order valence-corrected chi connectivity index (χ0v) is 26.7. The maximum atomic E-state index is 13.2. The molecule has 1 aliphatic heterocycles. The highest BCUT2D eigenvalue weighted by Gasteiger charge is 2.29. The minimum absolute atomic E-state index is 0.236. The van der Waals surface area contributed by atoms with Gasteiger partial charge in [0.05, 0.1) is 48.3 Å². The second-order valence-corrected chi connectivity index (χ2v) is 9.68. The Bertz CT molecular complexity index is 1510. The molecule has 1 aromatic heterocycles. The van der Waals surface area contributed by atoms with Crippen LogP contribution in [-0.4, -0.2) is 72.5 Å². The summed E-state index contributed by atoms with van der Waals surface area (Å²) in [6, 6.07) is 10.7. The van der Waals surface area contributed by atoms with Crippen LogP contribution >= 0.6 is 0 Å². The SMILES string of the molecule is COc1cc(C=CC=CC(=O)N2CCN(C(=O)C=CC=Cc3cc(OC)c(OC)c(OC)c3)c3ncccc32)cc(OC)c1OC. The molecular formula is C35H37N3O8. The zero-order valence-electron chi connectivity index (χ0n) is 26.7. The first kappa shape index (κ1) is 33.2. The molecular weight excluding hydrogens is 590 g/mol. The number of ether oxygens (including phenoxy) is 6. The van der Waals surface area contributed by atoms with Gasteiger partial charge in [0.1, 0.15) is 0 Å². The fraction of sp³-hybridized carbons (Fsp3) is 0.229. The molecule has 0 atom stereocenters. The number of rotatable bonds is 12. The Hall–Kier alpha value is -5.71. The van der Waals surface area contributed by atoms with Gasteiger partial charge >= 0.3 is 0 Å². The smallest absolute Gasteiger partial charge is 0.252 e. The normalized spacial score (nSPS) is 13.0. The van der Waals surface area contributed by atoms with Gasteiger partial charge in [0.25, 0.3) is 11.8 Å². The number of hydrogen-bond donors (Lipinski definition) is 0. The van der Waals surface area contributed by atoms with E-state index >= 15 is 0 Å². The number of anilines is 2. The van der Waals surface area contributed by atoms with Gasteiger partial charge in [-0.3, -0.25) is 14.5 Å². The van der Waals surface area contributed by atoms with Crippen molar-refractivity contribution in [1.29, 1.82) is 0 Å². The third-order valence-corrected chi connectivity index (χ3v) is 7.04. The Kier molecular flexibility index (Phi) is 11.4. The van der Waals surface area contributed by atoms with Gasteiger partial charge in [0, 0.05) is 31.4 Å². The Balaban J connectivity index is 1.44. The second-order valence-electron chi connectivity index (χ2n) is 9.68. The summed E-state index contributed by atoms with van der Waals surface area (Å²) in [5.41, 5.74) is 2.16. The third-order valence-electron chi connectivity index (χ3n) is 7.04. The summed E-state index contributed by atoms with van der Waals surface area (Å²) < 4.78 is 32.3. The molecule has 0 spiro atoms. The van der Waals surface area contributed by atoms with Crippen LogP contribution in [0.4, 0.5) is 11.5 Å². The molecule has 46 heavy (non-hydrogen) atoms. The van der Waals surface area contributed by atoms with Crippen molar-refractivity contribution in [2.75, 3.05) is 65.5 Å². The molecule has 0 N–H and O–H groups in total. The number of amides is 2. The lowest BCUT2D eigenvalue weighted by molar-refractivity contribution is -0.116. The number of carbonyl (C=O) groups excluding carboxylic acids is 2. The number of fused-ring (bicyclic) bond motifs is 1. The monoisotopic (exact) mass is 627 g/mol. The van der Waals surface area contributed by atoms with Crippen molar-refractivity contribution >= 4 is 35.5 Å². The summed E-state index contributed by atoms with van der Waals surface area (Å²) in [5.74, 6) is 3.03. The molecule has 2 heterocycles. The number of carbonyl (C=O) groups is 2. The Morgan fingerprint density at radius 3 is 1.50 bits per heavy atom. The van der Waals surface area contributed by atoms with Gasteiger partial charge in [-0.25, -0.2) is 4.98 Å². The van der Waals surface area contributed by atoms with Crippen molar-refractivity contribution in [2.24, 2.45) is 0 Å². The number of hydrogen-bond acceptors (Lipinski definition) is 9. The summed E-state index contributed by atoms with van der Waals surface area (Å²) in [6.45, 7) is 0.587. The maximum absolute atomic E-state index is 13.2. The third kappa shape index (κ3) is 7.49. The summed E-state index contributed by atoms with van der Waals surface area (Å²) in [4.78, 5) is 33.9.